The molecule has 3 aromatic rings. The summed E-state index contributed by atoms with van der Waals surface area (Å²) in [6.45, 7) is 0. The molecule has 0 fully saturated rings. The third-order valence-electron chi connectivity index (χ3n) is 3.15. The SMILES string of the molecule is O=C(Cc1csc(-c2ccccc2)n1)NNC(=O)c1cccnc1. The highest BCUT2D eigenvalue weighted by atomic mass is 32.1. The minimum Gasteiger partial charge on any atom is -0.273 e. The molecule has 6 nitrogen and oxygen atoms in total. The average Bonchev–Trinajstić information content (AvgIpc) is 3.09. The number of rotatable bonds is 4. The van der Waals surface area contributed by atoms with Crippen molar-refractivity contribution >= 4 is 23.2 Å². The molecule has 0 bridgehead atoms. The summed E-state index contributed by atoms with van der Waals surface area (Å²) in [5, 5.41) is 2.70. The second-order valence-corrected chi connectivity index (χ2v) is 5.79. The lowest BCUT2D eigenvalue weighted by atomic mass is 10.2. The van der Waals surface area contributed by atoms with Gasteiger partial charge in [-0.3, -0.25) is 25.4 Å². The van der Waals surface area contributed by atoms with E-state index in [4.69, 9.17) is 0 Å². The van der Waals surface area contributed by atoms with E-state index >= 15 is 0 Å². The van der Waals surface area contributed by atoms with E-state index in [9.17, 15) is 9.59 Å². The van der Waals surface area contributed by atoms with E-state index in [0.29, 0.717) is 11.3 Å². The van der Waals surface area contributed by atoms with Gasteiger partial charge in [-0.1, -0.05) is 30.3 Å². The summed E-state index contributed by atoms with van der Waals surface area (Å²) in [5.41, 5.74) is 6.78. The molecular formula is C17H14N4O2S. The molecule has 2 heterocycles. The zero-order valence-corrected chi connectivity index (χ0v) is 13.4. The van der Waals surface area contributed by atoms with Gasteiger partial charge in [-0.25, -0.2) is 4.98 Å². The zero-order chi connectivity index (χ0) is 16.8. The molecule has 2 aromatic heterocycles. The summed E-state index contributed by atoms with van der Waals surface area (Å²) < 4.78 is 0. The van der Waals surface area contributed by atoms with Gasteiger partial charge in [0.15, 0.2) is 0 Å². The number of hydrazine groups is 1. The number of amides is 2. The van der Waals surface area contributed by atoms with Crippen LogP contribution in [0, 0.1) is 0 Å². The first-order chi connectivity index (χ1) is 11.7. The number of hydrogen-bond donors (Lipinski definition) is 2. The van der Waals surface area contributed by atoms with Crippen molar-refractivity contribution in [1.29, 1.82) is 0 Å². The molecule has 1 aromatic carbocycles. The van der Waals surface area contributed by atoms with Crippen LogP contribution in [-0.4, -0.2) is 21.8 Å². The van der Waals surface area contributed by atoms with E-state index in [2.05, 4.69) is 20.8 Å². The molecule has 0 saturated heterocycles. The number of carbonyl (C=O) groups excluding carboxylic acids is 2. The van der Waals surface area contributed by atoms with Gasteiger partial charge in [0.2, 0.25) is 5.91 Å². The molecule has 0 aliphatic heterocycles. The standard InChI is InChI=1S/C17H14N4O2S/c22-15(20-21-16(23)13-7-4-8-18-10-13)9-14-11-24-17(19-14)12-5-2-1-3-6-12/h1-8,10-11H,9H2,(H,20,22)(H,21,23). The second-order valence-electron chi connectivity index (χ2n) is 4.93. The number of nitrogens with one attached hydrogen (secondary N) is 2. The van der Waals surface area contributed by atoms with Gasteiger partial charge in [-0.15, -0.1) is 11.3 Å². The third-order valence-corrected chi connectivity index (χ3v) is 4.09. The van der Waals surface area contributed by atoms with E-state index in [0.717, 1.165) is 10.6 Å². The van der Waals surface area contributed by atoms with Crippen LogP contribution < -0.4 is 10.9 Å². The summed E-state index contributed by atoms with van der Waals surface area (Å²) in [7, 11) is 0. The van der Waals surface area contributed by atoms with E-state index in [1.165, 1.54) is 17.5 Å². The summed E-state index contributed by atoms with van der Waals surface area (Å²) >= 11 is 1.48. The van der Waals surface area contributed by atoms with Gasteiger partial charge < -0.3 is 0 Å². The Balaban J connectivity index is 1.54. The molecule has 3 rings (SSSR count). The molecular weight excluding hydrogens is 324 g/mol. The predicted octanol–water partition coefficient (Wildman–Crippen LogP) is 2.21. The Morgan fingerprint density at radius 1 is 1.04 bits per heavy atom. The van der Waals surface area contributed by atoms with E-state index < -0.39 is 5.91 Å². The maximum Gasteiger partial charge on any atom is 0.271 e. The van der Waals surface area contributed by atoms with Crippen molar-refractivity contribution in [3.8, 4) is 10.6 Å². The van der Waals surface area contributed by atoms with E-state index in [1.807, 2.05) is 35.7 Å². The average molecular weight is 338 g/mol. The molecule has 0 aliphatic carbocycles. The van der Waals surface area contributed by atoms with Crippen molar-refractivity contribution in [3.05, 3.63) is 71.5 Å². The Morgan fingerprint density at radius 2 is 1.88 bits per heavy atom. The van der Waals surface area contributed by atoms with Crippen LogP contribution >= 0.6 is 11.3 Å². The van der Waals surface area contributed by atoms with Crippen molar-refractivity contribution in [1.82, 2.24) is 20.8 Å². The quantitative estimate of drug-likeness (QED) is 0.715. The normalized spacial score (nSPS) is 10.2. The third kappa shape index (κ3) is 4.02. The van der Waals surface area contributed by atoms with Crippen molar-refractivity contribution in [2.45, 2.75) is 6.42 Å². The van der Waals surface area contributed by atoms with Crippen LogP contribution in [0.2, 0.25) is 0 Å². The first-order valence-electron chi connectivity index (χ1n) is 7.21. The van der Waals surface area contributed by atoms with Gasteiger partial charge in [-0.2, -0.15) is 0 Å². The number of aromatic nitrogens is 2. The van der Waals surface area contributed by atoms with Gasteiger partial charge in [0.05, 0.1) is 17.7 Å². The van der Waals surface area contributed by atoms with Crippen molar-refractivity contribution in [2.24, 2.45) is 0 Å². The highest BCUT2D eigenvalue weighted by Gasteiger charge is 2.10. The molecule has 120 valence electrons. The van der Waals surface area contributed by atoms with Gasteiger partial charge >= 0.3 is 0 Å². The van der Waals surface area contributed by atoms with Crippen molar-refractivity contribution in [3.63, 3.8) is 0 Å². The number of nitrogens with zero attached hydrogens (tertiary/aromatic N) is 2. The Bertz CT molecular complexity index is 834. The molecule has 0 unspecified atom stereocenters. The fourth-order valence-corrected chi connectivity index (χ4v) is 2.83. The van der Waals surface area contributed by atoms with Crippen LogP contribution in [0.4, 0.5) is 0 Å². The van der Waals surface area contributed by atoms with Crippen LogP contribution in [0.25, 0.3) is 10.6 Å². The minimum atomic E-state index is -0.417. The summed E-state index contributed by atoms with van der Waals surface area (Å²) in [4.78, 5) is 32.0. The first-order valence-corrected chi connectivity index (χ1v) is 8.09. The molecule has 0 radical (unpaired) electrons. The summed E-state index contributed by atoms with van der Waals surface area (Å²) in [5.74, 6) is -0.753. The Kier molecular flexibility index (Phi) is 4.93. The molecule has 7 heteroatoms. The number of hydrogen-bond acceptors (Lipinski definition) is 5. The monoisotopic (exact) mass is 338 g/mol. The Morgan fingerprint density at radius 3 is 2.62 bits per heavy atom. The number of carbonyl (C=O) groups is 2. The molecule has 2 amide bonds. The zero-order valence-electron chi connectivity index (χ0n) is 12.6. The molecule has 24 heavy (non-hydrogen) atoms. The largest absolute Gasteiger partial charge is 0.273 e. The fraction of sp³-hybridized carbons (Fsp3) is 0.0588. The highest BCUT2D eigenvalue weighted by molar-refractivity contribution is 7.13. The van der Waals surface area contributed by atoms with Crippen LogP contribution in [-0.2, 0) is 11.2 Å². The Hall–Kier alpha value is -3.06. The van der Waals surface area contributed by atoms with Crippen molar-refractivity contribution in [2.75, 3.05) is 0 Å². The van der Waals surface area contributed by atoms with E-state index in [1.54, 1.807) is 18.3 Å². The number of benzene rings is 1. The maximum absolute atomic E-state index is 11.9. The first kappa shape index (κ1) is 15.8. The molecule has 2 N–H and O–H groups in total. The lowest BCUT2D eigenvalue weighted by molar-refractivity contribution is -0.121. The lowest BCUT2D eigenvalue weighted by Gasteiger charge is -2.06. The summed E-state index contributed by atoms with van der Waals surface area (Å²) in [6.07, 6.45) is 3.09. The van der Waals surface area contributed by atoms with Crippen LogP contribution in [0.15, 0.2) is 60.2 Å². The van der Waals surface area contributed by atoms with Crippen LogP contribution in [0.1, 0.15) is 16.1 Å². The minimum absolute atomic E-state index is 0.0939. The van der Waals surface area contributed by atoms with Crippen LogP contribution in [0.3, 0.4) is 0 Å². The topological polar surface area (TPSA) is 84.0 Å². The summed E-state index contributed by atoms with van der Waals surface area (Å²) in [6, 6.07) is 13.0. The van der Waals surface area contributed by atoms with Gasteiger partial charge in [0, 0.05) is 23.3 Å². The second kappa shape index (κ2) is 7.47. The maximum atomic E-state index is 11.9. The van der Waals surface area contributed by atoms with E-state index in [-0.39, 0.29) is 12.3 Å². The smallest absolute Gasteiger partial charge is 0.271 e. The predicted molar refractivity (Wildman–Crippen MR) is 91.1 cm³/mol. The number of pyridine rings is 1. The number of thiazole rings is 1. The Labute approximate surface area is 142 Å². The van der Waals surface area contributed by atoms with Crippen molar-refractivity contribution < 1.29 is 9.59 Å². The fourth-order valence-electron chi connectivity index (χ4n) is 2.01. The molecule has 0 aliphatic rings. The van der Waals surface area contributed by atoms with Gasteiger partial charge in [-0.05, 0) is 12.1 Å². The lowest BCUT2D eigenvalue weighted by Crippen LogP contribution is -2.42. The molecule has 0 saturated carbocycles. The highest BCUT2D eigenvalue weighted by Crippen LogP contribution is 2.23. The van der Waals surface area contributed by atoms with Crippen LogP contribution in [0.5, 0.6) is 0 Å². The molecule has 0 spiro atoms. The van der Waals surface area contributed by atoms with Gasteiger partial charge in [0.1, 0.15) is 5.01 Å². The van der Waals surface area contributed by atoms with Gasteiger partial charge in [0.25, 0.3) is 5.91 Å². The molecule has 0 atom stereocenters.